The Hall–Kier alpha value is 0.390. The summed E-state index contributed by atoms with van der Waals surface area (Å²) in [4.78, 5) is 0. The SMILES string of the molecule is CS(=O)(=O)N1CCCC(CC2(CBr)CC3CC3C2)C1. The maximum absolute atomic E-state index is 11.7. The van der Waals surface area contributed by atoms with E-state index < -0.39 is 10.0 Å². The summed E-state index contributed by atoms with van der Waals surface area (Å²) >= 11 is 3.73. The minimum atomic E-state index is -3.00. The topological polar surface area (TPSA) is 37.4 Å². The molecule has 0 amide bonds. The number of piperidine rings is 1. The van der Waals surface area contributed by atoms with Crippen molar-refractivity contribution in [2.75, 3.05) is 24.7 Å². The second-order valence-electron chi connectivity index (χ2n) is 7.13. The smallest absolute Gasteiger partial charge is 0.211 e. The van der Waals surface area contributed by atoms with Gasteiger partial charge in [0.25, 0.3) is 0 Å². The van der Waals surface area contributed by atoms with Crippen molar-refractivity contribution in [3.05, 3.63) is 0 Å². The first kappa shape index (κ1) is 14.3. The van der Waals surface area contributed by atoms with Crippen molar-refractivity contribution in [1.82, 2.24) is 4.31 Å². The van der Waals surface area contributed by atoms with Crippen LogP contribution < -0.4 is 0 Å². The Balaban J connectivity index is 1.63. The van der Waals surface area contributed by atoms with Gasteiger partial charge in [0.05, 0.1) is 6.26 Å². The maximum Gasteiger partial charge on any atom is 0.211 e. The molecule has 0 spiro atoms. The number of fused-ring (bicyclic) bond motifs is 1. The van der Waals surface area contributed by atoms with Crippen LogP contribution in [0.4, 0.5) is 0 Å². The van der Waals surface area contributed by atoms with Crippen LogP contribution in [-0.2, 0) is 10.0 Å². The third kappa shape index (κ3) is 3.03. The maximum atomic E-state index is 11.7. The molecule has 0 aromatic rings. The van der Waals surface area contributed by atoms with Crippen molar-refractivity contribution in [2.45, 2.75) is 38.5 Å². The Morgan fingerprint density at radius 2 is 2.00 bits per heavy atom. The van der Waals surface area contributed by atoms with Crippen molar-refractivity contribution in [2.24, 2.45) is 23.2 Å². The summed E-state index contributed by atoms with van der Waals surface area (Å²) in [5.74, 6) is 2.55. The molecule has 0 aromatic carbocycles. The van der Waals surface area contributed by atoms with Gasteiger partial charge in [-0.05, 0) is 61.7 Å². The molecule has 3 fully saturated rings. The third-order valence-corrected chi connectivity index (χ3v) is 7.87. The number of halogens is 1. The van der Waals surface area contributed by atoms with Crippen molar-refractivity contribution in [3.8, 4) is 0 Å². The number of alkyl halides is 1. The highest BCUT2D eigenvalue weighted by atomic mass is 79.9. The molecule has 1 heterocycles. The zero-order valence-corrected chi connectivity index (χ0v) is 14.0. The zero-order chi connectivity index (χ0) is 13.7. The Morgan fingerprint density at radius 1 is 1.32 bits per heavy atom. The molecule has 19 heavy (non-hydrogen) atoms. The summed E-state index contributed by atoms with van der Waals surface area (Å²) in [7, 11) is -3.00. The fraction of sp³-hybridized carbons (Fsp3) is 1.00. The van der Waals surface area contributed by atoms with Gasteiger partial charge in [-0.25, -0.2) is 12.7 Å². The number of hydrogen-bond donors (Lipinski definition) is 0. The van der Waals surface area contributed by atoms with E-state index in [0.29, 0.717) is 11.3 Å². The Morgan fingerprint density at radius 3 is 2.58 bits per heavy atom. The molecule has 2 aliphatic carbocycles. The third-order valence-electron chi connectivity index (χ3n) is 5.42. The van der Waals surface area contributed by atoms with E-state index in [-0.39, 0.29) is 0 Å². The monoisotopic (exact) mass is 349 g/mol. The fourth-order valence-corrected chi connectivity index (χ4v) is 6.07. The Kier molecular flexibility index (Phi) is 3.76. The molecule has 3 unspecified atom stereocenters. The molecule has 2 saturated carbocycles. The second-order valence-corrected chi connectivity index (χ2v) is 9.67. The lowest BCUT2D eigenvalue weighted by Crippen LogP contribution is -2.41. The molecule has 3 nitrogen and oxygen atoms in total. The molecule has 1 aliphatic heterocycles. The van der Waals surface area contributed by atoms with E-state index in [9.17, 15) is 8.42 Å². The summed E-state index contributed by atoms with van der Waals surface area (Å²) in [6.45, 7) is 1.48. The predicted octanol–water partition coefficient (Wildman–Crippen LogP) is 2.86. The summed E-state index contributed by atoms with van der Waals surface area (Å²) < 4.78 is 25.1. The first-order chi connectivity index (χ1) is 8.92. The Labute approximate surface area is 125 Å². The molecular formula is C14H24BrNO2S. The highest BCUT2D eigenvalue weighted by Gasteiger charge is 2.53. The van der Waals surface area contributed by atoms with Crippen LogP contribution in [0.3, 0.4) is 0 Å². The first-order valence-corrected chi connectivity index (χ1v) is 10.4. The molecule has 1 saturated heterocycles. The van der Waals surface area contributed by atoms with Crippen LogP contribution in [-0.4, -0.2) is 37.4 Å². The molecule has 0 aromatic heterocycles. The second kappa shape index (κ2) is 4.99. The van der Waals surface area contributed by atoms with Gasteiger partial charge in [0.15, 0.2) is 0 Å². The van der Waals surface area contributed by atoms with Crippen LogP contribution in [0.5, 0.6) is 0 Å². The van der Waals surface area contributed by atoms with Gasteiger partial charge in [-0.2, -0.15) is 0 Å². The minimum Gasteiger partial charge on any atom is -0.213 e. The van der Waals surface area contributed by atoms with E-state index in [2.05, 4.69) is 15.9 Å². The van der Waals surface area contributed by atoms with Gasteiger partial charge in [0.2, 0.25) is 10.0 Å². The van der Waals surface area contributed by atoms with Crippen LogP contribution in [0.25, 0.3) is 0 Å². The normalized spacial score (nSPS) is 43.2. The standard InChI is InChI=1S/C14H24BrNO2S/c1-19(17,18)16-4-2-3-11(9-16)6-14(10-15)7-12-5-13(12)8-14/h11-13H,2-10H2,1H3. The summed E-state index contributed by atoms with van der Waals surface area (Å²) in [5, 5.41) is 1.10. The van der Waals surface area contributed by atoms with E-state index in [0.717, 1.165) is 36.7 Å². The van der Waals surface area contributed by atoms with E-state index >= 15 is 0 Å². The average molecular weight is 350 g/mol. The lowest BCUT2D eigenvalue weighted by molar-refractivity contribution is 0.173. The zero-order valence-electron chi connectivity index (χ0n) is 11.6. The molecular weight excluding hydrogens is 326 g/mol. The molecule has 3 atom stereocenters. The van der Waals surface area contributed by atoms with Gasteiger partial charge in [-0.1, -0.05) is 15.9 Å². The summed E-state index contributed by atoms with van der Waals surface area (Å²) in [6.07, 6.45) is 9.00. The minimum absolute atomic E-state index is 0.471. The van der Waals surface area contributed by atoms with Gasteiger partial charge >= 0.3 is 0 Å². The molecule has 110 valence electrons. The molecule has 3 aliphatic rings. The van der Waals surface area contributed by atoms with Crippen molar-refractivity contribution >= 4 is 26.0 Å². The fourth-order valence-electron chi connectivity index (χ4n) is 4.44. The number of nitrogens with zero attached hydrogens (tertiary/aromatic N) is 1. The van der Waals surface area contributed by atoms with Crippen LogP contribution in [0.2, 0.25) is 0 Å². The summed E-state index contributed by atoms with van der Waals surface area (Å²) in [5.41, 5.74) is 0.471. The van der Waals surface area contributed by atoms with E-state index in [1.807, 2.05) is 0 Å². The van der Waals surface area contributed by atoms with Gasteiger partial charge in [0, 0.05) is 18.4 Å². The van der Waals surface area contributed by atoms with Gasteiger partial charge in [-0.3, -0.25) is 0 Å². The average Bonchev–Trinajstić information content (AvgIpc) is 2.97. The number of sulfonamides is 1. The Bertz CT molecular complexity index is 440. The van der Waals surface area contributed by atoms with Gasteiger partial charge in [0.1, 0.15) is 0 Å². The van der Waals surface area contributed by atoms with Gasteiger partial charge < -0.3 is 0 Å². The van der Waals surface area contributed by atoms with Crippen LogP contribution in [0, 0.1) is 23.2 Å². The largest absolute Gasteiger partial charge is 0.213 e. The molecule has 5 heteroatoms. The lowest BCUT2D eigenvalue weighted by atomic mass is 9.75. The summed E-state index contributed by atoms with van der Waals surface area (Å²) in [6, 6.07) is 0. The molecule has 0 radical (unpaired) electrons. The predicted molar refractivity (Wildman–Crippen MR) is 80.8 cm³/mol. The van der Waals surface area contributed by atoms with Gasteiger partial charge in [-0.15, -0.1) is 0 Å². The van der Waals surface area contributed by atoms with Crippen molar-refractivity contribution < 1.29 is 8.42 Å². The number of rotatable bonds is 4. The van der Waals surface area contributed by atoms with Crippen LogP contribution in [0.15, 0.2) is 0 Å². The lowest BCUT2D eigenvalue weighted by Gasteiger charge is -2.37. The number of hydrogen-bond acceptors (Lipinski definition) is 2. The van der Waals surface area contributed by atoms with Crippen molar-refractivity contribution in [3.63, 3.8) is 0 Å². The first-order valence-electron chi connectivity index (χ1n) is 7.43. The van der Waals surface area contributed by atoms with E-state index in [1.165, 1.54) is 38.4 Å². The highest BCUT2D eigenvalue weighted by molar-refractivity contribution is 9.09. The van der Waals surface area contributed by atoms with Crippen LogP contribution in [0.1, 0.15) is 38.5 Å². The van der Waals surface area contributed by atoms with E-state index in [1.54, 1.807) is 4.31 Å². The molecule has 0 bridgehead atoms. The molecule has 0 N–H and O–H groups in total. The van der Waals surface area contributed by atoms with E-state index in [4.69, 9.17) is 0 Å². The van der Waals surface area contributed by atoms with Crippen LogP contribution >= 0.6 is 15.9 Å². The van der Waals surface area contributed by atoms with Crippen molar-refractivity contribution in [1.29, 1.82) is 0 Å². The quantitative estimate of drug-likeness (QED) is 0.731. The molecule has 3 rings (SSSR count). The highest BCUT2D eigenvalue weighted by Crippen LogP contribution is 2.62.